The number of rotatable bonds is 7. The van der Waals surface area contributed by atoms with Crippen LogP contribution in [0.5, 0.6) is 0 Å². The Bertz CT molecular complexity index is 3540. The Hall–Kier alpha value is -8.55. The molecule has 0 saturated heterocycles. The highest BCUT2D eigenvalue weighted by Crippen LogP contribution is 2.43. The van der Waals surface area contributed by atoms with Crippen molar-refractivity contribution in [1.82, 2.24) is 34.1 Å². The van der Waals surface area contributed by atoms with Crippen LogP contribution in [0.1, 0.15) is 0 Å². The van der Waals surface area contributed by atoms with Crippen molar-refractivity contribution in [2.24, 2.45) is 0 Å². The van der Waals surface area contributed by atoms with Crippen LogP contribution in [0.4, 0.5) is 0 Å². The summed E-state index contributed by atoms with van der Waals surface area (Å²) >= 11 is 0. The molecule has 0 fully saturated rings. The second-order valence-corrected chi connectivity index (χ2v) is 15.3. The van der Waals surface area contributed by atoms with E-state index in [0.717, 1.165) is 83.4 Å². The van der Waals surface area contributed by atoms with Crippen LogP contribution in [-0.2, 0) is 0 Å². The molecule has 7 nitrogen and oxygen atoms in total. The van der Waals surface area contributed by atoms with Crippen LogP contribution in [0.3, 0.4) is 0 Å². The van der Waals surface area contributed by atoms with Gasteiger partial charge in [0.1, 0.15) is 0 Å². The molecule has 5 heterocycles. The van der Waals surface area contributed by atoms with Gasteiger partial charge in [0.15, 0.2) is 17.5 Å². The maximum Gasteiger partial charge on any atom is 0.164 e. The maximum absolute atomic E-state index is 5.17. The summed E-state index contributed by atoms with van der Waals surface area (Å²) in [6.45, 7) is 0. The molecule has 0 saturated carbocycles. The molecule has 0 atom stereocenters. The zero-order valence-corrected chi connectivity index (χ0v) is 33.3. The fraction of sp³-hybridized carbons (Fsp3) is 0. The normalized spacial score (nSPS) is 11.5. The third kappa shape index (κ3) is 5.86. The van der Waals surface area contributed by atoms with Crippen LogP contribution >= 0.6 is 0 Å². The molecule has 0 N–H and O–H groups in total. The number of hydrogen-bond acceptors (Lipinski definition) is 5. The number of aromatic nitrogens is 7. The lowest BCUT2D eigenvalue weighted by Gasteiger charge is -2.10. The quantitative estimate of drug-likeness (QED) is 0.161. The molecule has 0 bridgehead atoms. The van der Waals surface area contributed by atoms with Gasteiger partial charge in [0.2, 0.25) is 0 Å². The van der Waals surface area contributed by atoms with Crippen molar-refractivity contribution in [3.05, 3.63) is 213 Å². The first-order valence-corrected chi connectivity index (χ1v) is 20.7. The summed E-state index contributed by atoms with van der Waals surface area (Å²) in [6.07, 6.45) is 3.84. The molecule has 12 rings (SSSR count). The number of hydrogen-bond donors (Lipinski definition) is 0. The van der Waals surface area contributed by atoms with E-state index in [4.69, 9.17) is 24.9 Å². The van der Waals surface area contributed by atoms with E-state index in [1.807, 2.05) is 73.1 Å². The maximum atomic E-state index is 5.17. The van der Waals surface area contributed by atoms with Gasteiger partial charge in [-0.15, -0.1) is 0 Å². The van der Waals surface area contributed by atoms with Gasteiger partial charge in [-0.1, -0.05) is 146 Å². The third-order valence-corrected chi connectivity index (χ3v) is 11.7. The Morgan fingerprint density at radius 1 is 0.290 bits per heavy atom. The summed E-state index contributed by atoms with van der Waals surface area (Å²) in [7, 11) is 0. The number of nitrogens with zero attached hydrogens (tertiary/aromatic N) is 7. The first-order valence-electron chi connectivity index (χ1n) is 20.7. The molecule has 7 heteroatoms. The molecule has 12 aromatic rings. The molecule has 290 valence electrons. The summed E-state index contributed by atoms with van der Waals surface area (Å²) in [5.41, 5.74) is 13.1. The molecule has 5 aromatic heterocycles. The van der Waals surface area contributed by atoms with Crippen molar-refractivity contribution in [2.45, 2.75) is 0 Å². The highest BCUT2D eigenvalue weighted by Gasteiger charge is 2.22. The van der Waals surface area contributed by atoms with Crippen LogP contribution in [0.25, 0.3) is 112 Å². The van der Waals surface area contributed by atoms with Crippen molar-refractivity contribution in [3.8, 4) is 68.1 Å². The van der Waals surface area contributed by atoms with Gasteiger partial charge >= 0.3 is 0 Å². The van der Waals surface area contributed by atoms with E-state index < -0.39 is 0 Å². The highest BCUT2D eigenvalue weighted by molar-refractivity contribution is 6.20. The molecule has 0 aliphatic carbocycles. The zero-order chi connectivity index (χ0) is 41.0. The summed E-state index contributed by atoms with van der Waals surface area (Å²) in [5, 5.41) is 4.44. The van der Waals surface area contributed by atoms with Gasteiger partial charge in [-0.25, -0.2) is 15.0 Å². The van der Waals surface area contributed by atoms with E-state index in [-0.39, 0.29) is 0 Å². The molecule has 0 unspecified atom stereocenters. The monoisotopic (exact) mass is 793 g/mol. The number of fused-ring (bicyclic) bond motifs is 6. The first kappa shape index (κ1) is 35.4. The minimum atomic E-state index is 0.603. The molecule has 0 aliphatic heterocycles. The topological polar surface area (TPSA) is 74.3 Å². The van der Waals surface area contributed by atoms with Gasteiger partial charge in [-0.3, -0.25) is 9.97 Å². The fourth-order valence-corrected chi connectivity index (χ4v) is 8.88. The van der Waals surface area contributed by atoms with Crippen LogP contribution in [0.2, 0.25) is 0 Å². The average Bonchev–Trinajstić information content (AvgIpc) is 3.88. The third-order valence-electron chi connectivity index (χ3n) is 11.7. The van der Waals surface area contributed by atoms with E-state index in [1.165, 1.54) is 10.8 Å². The first-order chi connectivity index (χ1) is 30.8. The highest BCUT2D eigenvalue weighted by atomic mass is 15.0. The summed E-state index contributed by atoms with van der Waals surface area (Å²) < 4.78 is 4.67. The molecule has 62 heavy (non-hydrogen) atoms. The lowest BCUT2D eigenvalue weighted by Crippen LogP contribution is -2.00. The molecule has 7 aromatic carbocycles. The van der Waals surface area contributed by atoms with Crippen LogP contribution < -0.4 is 0 Å². The summed E-state index contributed by atoms with van der Waals surface area (Å²) in [4.78, 5) is 25.2. The van der Waals surface area contributed by atoms with Crippen LogP contribution in [-0.4, -0.2) is 34.1 Å². The second-order valence-electron chi connectivity index (χ2n) is 15.3. The summed E-state index contributed by atoms with van der Waals surface area (Å²) in [6, 6.07) is 69.2. The van der Waals surface area contributed by atoms with Gasteiger partial charge < -0.3 is 9.13 Å². The Morgan fingerprint density at radius 2 is 0.694 bits per heavy atom. The standard InChI is InChI=1S/C55H35N7/c1-5-15-37(16-6-1)53-58-54(38-17-7-2-8-18-38)60-55(59-53)39-27-25-36(26-28-39)51-49-47(31-33-56-51)62(42-21-11-4-12-22-42)48-32-34-57-52(50(48)49)40-29-30-46-44(35-40)43-23-13-14-24-45(43)61(46)41-19-9-3-10-20-41/h1-35H. The predicted octanol–water partition coefficient (Wildman–Crippen LogP) is 13.2. The Kier molecular flexibility index (Phi) is 8.35. The van der Waals surface area contributed by atoms with E-state index in [1.54, 1.807) is 0 Å². The lowest BCUT2D eigenvalue weighted by molar-refractivity contribution is 1.07. The lowest BCUT2D eigenvalue weighted by atomic mass is 9.99. The molecular formula is C55H35N7. The van der Waals surface area contributed by atoms with Crippen molar-refractivity contribution in [3.63, 3.8) is 0 Å². The minimum absolute atomic E-state index is 0.603. The van der Waals surface area contributed by atoms with Gasteiger partial charge in [-0.05, 0) is 54.6 Å². The smallest absolute Gasteiger partial charge is 0.164 e. The largest absolute Gasteiger partial charge is 0.309 e. The van der Waals surface area contributed by atoms with Crippen molar-refractivity contribution < 1.29 is 0 Å². The average molecular weight is 794 g/mol. The molecule has 0 amide bonds. The van der Waals surface area contributed by atoms with Crippen LogP contribution in [0, 0.1) is 0 Å². The Labute approximate surface area is 356 Å². The van der Waals surface area contributed by atoms with Gasteiger partial charge in [0, 0.05) is 73.1 Å². The van der Waals surface area contributed by atoms with Crippen molar-refractivity contribution >= 4 is 43.6 Å². The van der Waals surface area contributed by atoms with E-state index in [0.29, 0.717) is 17.5 Å². The van der Waals surface area contributed by atoms with E-state index in [9.17, 15) is 0 Å². The number of pyridine rings is 2. The van der Waals surface area contributed by atoms with Gasteiger partial charge in [0.25, 0.3) is 0 Å². The summed E-state index contributed by atoms with van der Waals surface area (Å²) in [5.74, 6) is 1.86. The molecular weight excluding hydrogens is 759 g/mol. The predicted molar refractivity (Wildman–Crippen MR) is 251 cm³/mol. The van der Waals surface area contributed by atoms with Crippen LogP contribution in [0.15, 0.2) is 213 Å². The van der Waals surface area contributed by atoms with E-state index >= 15 is 0 Å². The van der Waals surface area contributed by atoms with Gasteiger partial charge in [0.05, 0.1) is 33.5 Å². The Morgan fingerprint density at radius 3 is 1.24 bits per heavy atom. The fourth-order valence-electron chi connectivity index (χ4n) is 8.88. The van der Waals surface area contributed by atoms with Crippen molar-refractivity contribution in [1.29, 1.82) is 0 Å². The van der Waals surface area contributed by atoms with Crippen molar-refractivity contribution in [2.75, 3.05) is 0 Å². The SMILES string of the molecule is c1ccc(-c2nc(-c3ccccc3)nc(-c3ccc(-c4nccc5c4c4c(-c6ccc7c(c6)c6ccccc6n7-c6ccccc6)nccc4n5-c4ccccc4)cc3)n2)cc1. The zero-order valence-electron chi connectivity index (χ0n) is 33.3. The number of para-hydroxylation sites is 3. The Balaban J connectivity index is 1.05. The minimum Gasteiger partial charge on any atom is -0.309 e. The second kappa shape index (κ2) is 14.6. The number of benzene rings is 7. The molecule has 0 spiro atoms. The van der Waals surface area contributed by atoms with E-state index in [2.05, 4.69) is 149 Å². The molecule has 0 aliphatic rings. The van der Waals surface area contributed by atoms with Gasteiger partial charge in [-0.2, -0.15) is 0 Å². The molecule has 0 radical (unpaired) electrons.